The first-order valence-electron chi connectivity index (χ1n) is 5.83. The van der Waals surface area contributed by atoms with Gasteiger partial charge in [0.05, 0.1) is 0 Å². The lowest BCUT2D eigenvalue weighted by Gasteiger charge is -2.18. The Kier molecular flexibility index (Phi) is 7.36. The van der Waals surface area contributed by atoms with Crippen molar-refractivity contribution >= 4 is 35.0 Å². The number of likely N-dealkylation sites (N-methyl/N-ethyl adjacent to an activating group) is 1. The highest BCUT2D eigenvalue weighted by molar-refractivity contribution is 7.98. The van der Waals surface area contributed by atoms with Gasteiger partial charge in [-0.2, -0.15) is 11.8 Å². The minimum atomic E-state index is 0.475. The third kappa shape index (κ3) is 5.52. The molecule has 1 unspecified atom stereocenters. The average Bonchev–Trinajstić information content (AvgIpc) is 2.31. The quantitative estimate of drug-likeness (QED) is 0.805. The molecule has 17 heavy (non-hydrogen) atoms. The van der Waals surface area contributed by atoms with Crippen LogP contribution in [0.2, 0.25) is 10.0 Å². The molecule has 0 heterocycles. The van der Waals surface area contributed by atoms with Crippen LogP contribution in [-0.2, 0) is 6.42 Å². The van der Waals surface area contributed by atoms with Crippen molar-refractivity contribution in [1.29, 1.82) is 0 Å². The van der Waals surface area contributed by atoms with Crippen LogP contribution >= 0.6 is 35.0 Å². The van der Waals surface area contributed by atoms with Gasteiger partial charge in [-0.25, -0.2) is 0 Å². The van der Waals surface area contributed by atoms with Crippen LogP contribution in [0.5, 0.6) is 0 Å². The van der Waals surface area contributed by atoms with Gasteiger partial charge in [-0.15, -0.1) is 0 Å². The Morgan fingerprint density at radius 2 is 2.12 bits per heavy atom. The second-order valence-electron chi connectivity index (χ2n) is 3.98. The zero-order valence-corrected chi connectivity index (χ0v) is 12.6. The number of hydrogen-bond acceptors (Lipinski definition) is 2. The molecule has 96 valence electrons. The van der Waals surface area contributed by atoms with Crippen molar-refractivity contribution in [3.63, 3.8) is 0 Å². The minimum Gasteiger partial charge on any atom is -0.314 e. The first kappa shape index (κ1) is 15.2. The summed E-state index contributed by atoms with van der Waals surface area (Å²) < 4.78 is 0. The molecule has 0 spiro atoms. The summed E-state index contributed by atoms with van der Waals surface area (Å²) >= 11 is 14.1. The molecule has 1 N–H and O–H groups in total. The van der Waals surface area contributed by atoms with Crippen LogP contribution < -0.4 is 5.32 Å². The van der Waals surface area contributed by atoms with E-state index >= 15 is 0 Å². The predicted molar refractivity (Wildman–Crippen MR) is 80.6 cm³/mol. The second kappa shape index (κ2) is 8.25. The van der Waals surface area contributed by atoms with Crippen LogP contribution in [0, 0.1) is 0 Å². The van der Waals surface area contributed by atoms with Gasteiger partial charge in [0.25, 0.3) is 0 Å². The van der Waals surface area contributed by atoms with Crippen LogP contribution in [0.3, 0.4) is 0 Å². The molecular weight excluding hydrogens is 273 g/mol. The van der Waals surface area contributed by atoms with Crippen molar-refractivity contribution in [3.8, 4) is 0 Å². The second-order valence-corrected chi connectivity index (χ2v) is 5.81. The van der Waals surface area contributed by atoms with Gasteiger partial charge >= 0.3 is 0 Å². The van der Waals surface area contributed by atoms with E-state index in [0.29, 0.717) is 6.04 Å². The molecule has 1 aromatic carbocycles. The summed E-state index contributed by atoms with van der Waals surface area (Å²) in [7, 11) is 0. The molecule has 0 bridgehead atoms. The van der Waals surface area contributed by atoms with Gasteiger partial charge in [-0.05, 0) is 55.2 Å². The molecule has 1 atom stereocenters. The van der Waals surface area contributed by atoms with E-state index in [0.717, 1.165) is 40.7 Å². The van der Waals surface area contributed by atoms with E-state index in [2.05, 4.69) is 18.5 Å². The smallest absolute Gasteiger partial charge is 0.0439 e. The lowest BCUT2D eigenvalue weighted by molar-refractivity contribution is 0.513. The Hall–Kier alpha value is 0.110. The highest BCUT2D eigenvalue weighted by Crippen LogP contribution is 2.22. The lowest BCUT2D eigenvalue weighted by Crippen LogP contribution is -2.31. The number of rotatable bonds is 7. The SMILES string of the molecule is CCNC(CCSC)Cc1cc(Cl)ccc1Cl. The van der Waals surface area contributed by atoms with Crippen molar-refractivity contribution in [2.24, 2.45) is 0 Å². The largest absolute Gasteiger partial charge is 0.314 e. The van der Waals surface area contributed by atoms with E-state index in [-0.39, 0.29) is 0 Å². The fourth-order valence-electron chi connectivity index (χ4n) is 1.79. The van der Waals surface area contributed by atoms with Crippen molar-refractivity contribution in [3.05, 3.63) is 33.8 Å². The molecule has 0 saturated heterocycles. The number of halogens is 2. The summed E-state index contributed by atoms with van der Waals surface area (Å²) in [5.74, 6) is 1.16. The Bertz CT molecular complexity index is 344. The maximum absolute atomic E-state index is 6.18. The summed E-state index contributed by atoms with van der Waals surface area (Å²) in [4.78, 5) is 0. The third-order valence-corrected chi connectivity index (χ3v) is 3.89. The summed E-state index contributed by atoms with van der Waals surface area (Å²) in [5, 5.41) is 5.06. The summed E-state index contributed by atoms with van der Waals surface area (Å²) in [6, 6.07) is 6.14. The molecule has 4 heteroatoms. The molecule has 1 rings (SSSR count). The van der Waals surface area contributed by atoms with Gasteiger partial charge in [0.1, 0.15) is 0 Å². The highest BCUT2D eigenvalue weighted by atomic mass is 35.5. The molecule has 0 amide bonds. The van der Waals surface area contributed by atoms with E-state index < -0.39 is 0 Å². The molecule has 0 radical (unpaired) electrons. The van der Waals surface area contributed by atoms with E-state index in [9.17, 15) is 0 Å². The number of thioether (sulfide) groups is 1. The number of benzene rings is 1. The summed E-state index contributed by atoms with van der Waals surface area (Å²) in [6.45, 7) is 3.11. The van der Waals surface area contributed by atoms with Crippen LogP contribution in [0.15, 0.2) is 18.2 Å². The summed E-state index contributed by atoms with van der Waals surface area (Å²) in [6.07, 6.45) is 4.22. The Morgan fingerprint density at radius 3 is 2.76 bits per heavy atom. The predicted octanol–water partition coefficient (Wildman–Crippen LogP) is 4.27. The highest BCUT2D eigenvalue weighted by Gasteiger charge is 2.10. The fourth-order valence-corrected chi connectivity index (χ4v) is 2.70. The molecule has 1 aromatic rings. The molecule has 0 fully saturated rings. The van der Waals surface area contributed by atoms with Crippen molar-refractivity contribution in [2.45, 2.75) is 25.8 Å². The van der Waals surface area contributed by atoms with Crippen LogP contribution in [0.4, 0.5) is 0 Å². The van der Waals surface area contributed by atoms with Crippen LogP contribution in [0.25, 0.3) is 0 Å². The maximum atomic E-state index is 6.18. The molecule has 0 aromatic heterocycles. The first-order chi connectivity index (χ1) is 8.17. The molecule has 0 aliphatic rings. The monoisotopic (exact) mass is 291 g/mol. The van der Waals surface area contributed by atoms with Crippen LogP contribution in [0.1, 0.15) is 18.9 Å². The Labute approximate surface area is 118 Å². The van der Waals surface area contributed by atoms with Gasteiger partial charge in [-0.1, -0.05) is 30.1 Å². The molecular formula is C13H19Cl2NS. The van der Waals surface area contributed by atoms with E-state index in [1.165, 1.54) is 0 Å². The van der Waals surface area contributed by atoms with Gasteiger partial charge < -0.3 is 5.32 Å². The average molecular weight is 292 g/mol. The van der Waals surface area contributed by atoms with E-state index in [1.54, 1.807) is 0 Å². The van der Waals surface area contributed by atoms with Crippen molar-refractivity contribution in [2.75, 3.05) is 18.6 Å². The van der Waals surface area contributed by atoms with Gasteiger partial charge in [-0.3, -0.25) is 0 Å². The molecule has 0 aliphatic carbocycles. The fraction of sp³-hybridized carbons (Fsp3) is 0.538. The van der Waals surface area contributed by atoms with Gasteiger partial charge in [0, 0.05) is 16.1 Å². The first-order valence-corrected chi connectivity index (χ1v) is 7.98. The normalized spacial score (nSPS) is 12.7. The Balaban J connectivity index is 2.67. The van der Waals surface area contributed by atoms with E-state index in [4.69, 9.17) is 23.2 Å². The van der Waals surface area contributed by atoms with E-state index in [1.807, 2.05) is 30.0 Å². The molecule has 1 nitrogen and oxygen atoms in total. The number of hydrogen-bond donors (Lipinski definition) is 1. The van der Waals surface area contributed by atoms with Crippen molar-refractivity contribution in [1.82, 2.24) is 5.32 Å². The third-order valence-electron chi connectivity index (χ3n) is 2.64. The van der Waals surface area contributed by atoms with Crippen LogP contribution in [-0.4, -0.2) is 24.6 Å². The zero-order chi connectivity index (χ0) is 12.7. The topological polar surface area (TPSA) is 12.0 Å². The van der Waals surface area contributed by atoms with Crippen molar-refractivity contribution < 1.29 is 0 Å². The summed E-state index contributed by atoms with van der Waals surface area (Å²) in [5.41, 5.74) is 1.13. The maximum Gasteiger partial charge on any atom is 0.0439 e. The lowest BCUT2D eigenvalue weighted by atomic mass is 10.0. The van der Waals surface area contributed by atoms with Gasteiger partial charge in [0.2, 0.25) is 0 Å². The molecule has 0 aliphatic heterocycles. The van der Waals surface area contributed by atoms with Gasteiger partial charge in [0.15, 0.2) is 0 Å². The number of nitrogens with one attached hydrogen (secondary N) is 1. The molecule has 0 saturated carbocycles. The zero-order valence-electron chi connectivity index (χ0n) is 10.3. The minimum absolute atomic E-state index is 0.475. The Morgan fingerprint density at radius 1 is 1.35 bits per heavy atom. The standard InChI is InChI=1S/C13H19Cl2NS/c1-3-16-12(6-7-17-2)9-10-8-11(14)4-5-13(10)15/h4-5,8,12,16H,3,6-7,9H2,1-2H3.